The predicted molar refractivity (Wildman–Crippen MR) is 120 cm³/mol. The van der Waals surface area contributed by atoms with Crippen LogP contribution in [0.1, 0.15) is 18.1 Å². The first-order valence-corrected chi connectivity index (χ1v) is 9.98. The number of amides is 1. The summed E-state index contributed by atoms with van der Waals surface area (Å²) in [5.41, 5.74) is 4.32. The van der Waals surface area contributed by atoms with E-state index in [1.165, 1.54) is 6.21 Å². The fraction of sp³-hybridized carbons (Fsp3) is 0.130. The standard InChI is InChI=1S/C23H20Cl2N2O3/c1-16(30-22-11-10-19(24)13-21(22)25)23(28)27-26-14-18-8-5-9-20(12-18)29-15-17-6-3-2-4-7-17/h2-14,16H,15H2,1H3,(H,27,28)/b26-14-/t16-/m0/s1. The molecule has 0 bridgehead atoms. The number of hydrogen-bond acceptors (Lipinski definition) is 4. The minimum absolute atomic E-state index is 0.331. The fourth-order valence-electron chi connectivity index (χ4n) is 2.50. The summed E-state index contributed by atoms with van der Waals surface area (Å²) in [6, 6.07) is 22.1. The number of ether oxygens (including phenoxy) is 2. The molecule has 154 valence electrons. The number of carbonyl (C=O) groups excluding carboxylic acids is 1. The molecule has 0 aliphatic carbocycles. The van der Waals surface area contributed by atoms with Gasteiger partial charge in [0, 0.05) is 5.02 Å². The summed E-state index contributed by atoms with van der Waals surface area (Å²) in [4.78, 5) is 12.2. The summed E-state index contributed by atoms with van der Waals surface area (Å²) in [6.45, 7) is 2.08. The van der Waals surface area contributed by atoms with E-state index in [1.54, 1.807) is 25.1 Å². The molecule has 0 aliphatic heterocycles. The molecule has 0 heterocycles. The molecule has 3 rings (SSSR count). The smallest absolute Gasteiger partial charge is 0.280 e. The molecule has 3 aromatic rings. The van der Waals surface area contributed by atoms with E-state index in [4.69, 9.17) is 32.7 Å². The van der Waals surface area contributed by atoms with Crippen molar-refractivity contribution in [2.24, 2.45) is 5.10 Å². The minimum Gasteiger partial charge on any atom is -0.489 e. The van der Waals surface area contributed by atoms with Gasteiger partial charge in [-0.05, 0) is 48.4 Å². The minimum atomic E-state index is -0.790. The van der Waals surface area contributed by atoms with Crippen LogP contribution in [0.15, 0.2) is 77.9 Å². The van der Waals surface area contributed by atoms with E-state index in [1.807, 2.05) is 54.6 Å². The summed E-state index contributed by atoms with van der Waals surface area (Å²) < 4.78 is 11.4. The van der Waals surface area contributed by atoms with E-state index in [2.05, 4.69) is 10.5 Å². The Hall–Kier alpha value is -3.02. The van der Waals surface area contributed by atoms with Gasteiger partial charge in [0.05, 0.1) is 11.2 Å². The van der Waals surface area contributed by atoms with E-state index < -0.39 is 12.0 Å². The van der Waals surface area contributed by atoms with Gasteiger partial charge >= 0.3 is 0 Å². The van der Waals surface area contributed by atoms with Crippen LogP contribution in [0.25, 0.3) is 0 Å². The van der Waals surface area contributed by atoms with Gasteiger partial charge in [-0.3, -0.25) is 4.79 Å². The molecule has 0 saturated heterocycles. The Morgan fingerprint density at radius 1 is 1.07 bits per heavy atom. The molecule has 3 aromatic carbocycles. The molecule has 7 heteroatoms. The number of nitrogens with one attached hydrogen (secondary N) is 1. The lowest BCUT2D eigenvalue weighted by Crippen LogP contribution is -2.33. The summed E-state index contributed by atoms with van der Waals surface area (Å²) in [7, 11) is 0. The number of halogens is 2. The van der Waals surface area contributed by atoms with Crippen molar-refractivity contribution in [3.8, 4) is 11.5 Å². The Morgan fingerprint density at radius 3 is 2.63 bits per heavy atom. The molecule has 0 aromatic heterocycles. The number of benzene rings is 3. The first-order chi connectivity index (χ1) is 14.5. The molecule has 1 atom stereocenters. The molecule has 0 fully saturated rings. The van der Waals surface area contributed by atoms with Crippen molar-refractivity contribution in [3.63, 3.8) is 0 Å². The van der Waals surface area contributed by atoms with Gasteiger partial charge in [0.1, 0.15) is 18.1 Å². The van der Waals surface area contributed by atoms with Crippen molar-refractivity contribution in [1.82, 2.24) is 5.43 Å². The van der Waals surface area contributed by atoms with Gasteiger partial charge < -0.3 is 9.47 Å². The molecular weight excluding hydrogens is 423 g/mol. The second-order valence-electron chi connectivity index (χ2n) is 6.42. The SMILES string of the molecule is C[C@H](Oc1ccc(Cl)cc1Cl)C(=O)N/N=C\c1cccc(OCc2ccccc2)c1. The van der Waals surface area contributed by atoms with Gasteiger partial charge in [-0.2, -0.15) is 5.10 Å². The summed E-state index contributed by atoms with van der Waals surface area (Å²) >= 11 is 11.9. The molecule has 5 nitrogen and oxygen atoms in total. The Bertz CT molecular complexity index is 1030. The normalized spacial score (nSPS) is 11.8. The van der Waals surface area contributed by atoms with Crippen LogP contribution in [-0.4, -0.2) is 18.2 Å². The van der Waals surface area contributed by atoms with Crippen molar-refractivity contribution < 1.29 is 14.3 Å². The fourth-order valence-corrected chi connectivity index (χ4v) is 2.95. The second kappa shape index (κ2) is 10.7. The highest BCUT2D eigenvalue weighted by molar-refractivity contribution is 6.35. The topological polar surface area (TPSA) is 59.9 Å². The lowest BCUT2D eigenvalue weighted by atomic mass is 10.2. The number of rotatable bonds is 8. The van der Waals surface area contributed by atoms with Crippen molar-refractivity contribution in [3.05, 3.63) is 94.0 Å². The van der Waals surface area contributed by atoms with Crippen molar-refractivity contribution >= 4 is 35.3 Å². The third-order valence-electron chi connectivity index (χ3n) is 4.06. The van der Waals surface area contributed by atoms with Crippen LogP contribution >= 0.6 is 23.2 Å². The second-order valence-corrected chi connectivity index (χ2v) is 7.26. The number of hydrazone groups is 1. The molecule has 0 radical (unpaired) electrons. The Kier molecular flexibility index (Phi) is 7.71. The van der Waals surface area contributed by atoms with Crippen LogP contribution in [0.5, 0.6) is 11.5 Å². The average Bonchev–Trinajstić information content (AvgIpc) is 2.75. The maximum Gasteiger partial charge on any atom is 0.280 e. The van der Waals surface area contributed by atoms with Gasteiger partial charge in [0.15, 0.2) is 6.10 Å². The van der Waals surface area contributed by atoms with Crippen LogP contribution in [0, 0.1) is 0 Å². The average molecular weight is 443 g/mol. The third-order valence-corrected chi connectivity index (χ3v) is 4.59. The van der Waals surface area contributed by atoms with E-state index in [9.17, 15) is 4.79 Å². The molecular formula is C23H20Cl2N2O3. The van der Waals surface area contributed by atoms with E-state index >= 15 is 0 Å². The van der Waals surface area contributed by atoms with Crippen LogP contribution in [-0.2, 0) is 11.4 Å². The van der Waals surface area contributed by atoms with Crippen LogP contribution in [0.4, 0.5) is 0 Å². The summed E-state index contributed by atoms with van der Waals surface area (Å²) in [5.74, 6) is 0.674. The van der Waals surface area contributed by atoms with Gasteiger partial charge in [-0.1, -0.05) is 65.7 Å². The zero-order valence-corrected chi connectivity index (χ0v) is 17.7. The van der Waals surface area contributed by atoms with E-state index in [0.29, 0.717) is 28.2 Å². The summed E-state index contributed by atoms with van der Waals surface area (Å²) in [6.07, 6.45) is 0.747. The molecule has 0 aliphatic rings. The van der Waals surface area contributed by atoms with Gasteiger partial charge in [-0.15, -0.1) is 0 Å². The lowest BCUT2D eigenvalue weighted by molar-refractivity contribution is -0.127. The molecule has 30 heavy (non-hydrogen) atoms. The molecule has 1 amide bonds. The first-order valence-electron chi connectivity index (χ1n) is 9.22. The van der Waals surface area contributed by atoms with Crippen molar-refractivity contribution in [1.29, 1.82) is 0 Å². The lowest BCUT2D eigenvalue weighted by Gasteiger charge is -2.14. The molecule has 0 unspecified atom stereocenters. The van der Waals surface area contributed by atoms with E-state index in [-0.39, 0.29) is 0 Å². The molecule has 1 N–H and O–H groups in total. The van der Waals surface area contributed by atoms with Gasteiger partial charge in [0.25, 0.3) is 5.91 Å². The van der Waals surface area contributed by atoms with Crippen molar-refractivity contribution in [2.75, 3.05) is 0 Å². The summed E-state index contributed by atoms with van der Waals surface area (Å²) in [5, 5.41) is 4.81. The highest BCUT2D eigenvalue weighted by atomic mass is 35.5. The Labute approximate surface area is 185 Å². The maximum atomic E-state index is 12.2. The van der Waals surface area contributed by atoms with Gasteiger partial charge in [-0.25, -0.2) is 5.43 Å². The Morgan fingerprint density at radius 2 is 1.87 bits per heavy atom. The highest BCUT2D eigenvalue weighted by Gasteiger charge is 2.15. The zero-order valence-electron chi connectivity index (χ0n) is 16.2. The zero-order chi connectivity index (χ0) is 21.3. The van der Waals surface area contributed by atoms with Gasteiger partial charge in [0.2, 0.25) is 0 Å². The first kappa shape index (κ1) is 21.7. The predicted octanol–water partition coefficient (Wildman–Crippen LogP) is 5.49. The number of hydrogen-bond donors (Lipinski definition) is 1. The van der Waals surface area contributed by atoms with Crippen LogP contribution in [0.3, 0.4) is 0 Å². The largest absolute Gasteiger partial charge is 0.489 e. The molecule has 0 spiro atoms. The van der Waals surface area contributed by atoms with Crippen LogP contribution in [0.2, 0.25) is 10.0 Å². The third kappa shape index (κ3) is 6.51. The monoisotopic (exact) mass is 442 g/mol. The quantitative estimate of drug-likeness (QED) is 0.370. The maximum absolute atomic E-state index is 12.2. The highest BCUT2D eigenvalue weighted by Crippen LogP contribution is 2.28. The van der Waals surface area contributed by atoms with E-state index in [0.717, 1.165) is 11.1 Å². The Balaban J connectivity index is 1.52. The number of carbonyl (C=O) groups is 1. The number of nitrogens with zero attached hydrogens (tertiary/aromatic N) is 1. The molecule has 0 saturated carbocycles. The van der Waals surface area contributed by atoms with Crippen molar-refractivity contribution in [2.45, 2.75) is 19.6 Å². The van der Waals surface area contributed by atoms with Crippen LogP contribution < -0.4 is 14.9 Å².